The standard InChI is InChI=1S/C15H20Cl2N2O/c16-11-1-2-15(14(17)9-11)19-6-3-13(10-19)18-12-4-7-20-8-5-12/h1-2,9,12-13,18H,3-8,10H2/t13-/m1/s1. The van der Waals surface area contributed by atoms with Gasteiger partial charge in [-0.25, -0.2) is 0 Å². The average Bonchev–Trinajstić information content (AvgIpc) is 2.88. The molecule has 0 unspecified atom stereocenters. The Bertz CT molecular complexity index is 463. The molecule has 1 N–H and O–H groups in total. The zero-order valence-corrected chi connectivity index (χ0v) is 13.0. The van der Waals surface area contributed by atoms with Gasteiger partial charge in [-0.05, 0) is 37.5 Å². The number of rotatable bonds is 3. The predicted molar refractivity (Wildman–Crippen MR) is 84.1 cm³/mol. The summed E-state index contributed by atoms with van der Waals surface area (Å²) in [6.45, 7) is 3.83. The van der Waals surface area contributed by atoms with Crippen LogP contribution in [0.5, 0.6) is 0 Å². The molecule has 110 valence electrons. The molecular formula is C15H20Cl2N2O. The number of hydrogen-bond donors (Lipinski definition) is 1. The van der Waals surface area contributed by atoms with Crippen LogP contribution in [0.15, 0.2) is 18.2 Å². The fourth-order valence-corrected chi connectivity index (χ4v) is 3.58. The highest BCUT2D eigenvalue weighted by atomic mass is 35.5. The molecule has 20 heavy (non-hydrogen) atoms. The van der Waals surface area contributed by atoms with E-state index in [0.29, 0.717) is 17.1 Å². The number of nitrogens with zero attached hydrogens (tertiary/aromatic N) is 1. The van der Waals surface area contributed by atoms with Crippen LogP contribution in [0.25, 0.3) is 0 Å². The van der Waals surface area contributed by atoms with E-state index >= 15 is 0 Å². The maximum atomic E-state index is 6.29. The quantitative estimate of drug-likeness (QED) is 0.926. The first-order valence-electron chi connectivity index (χ1n) is 7.26. The second-order valence-electron chi connectivity index (χ2n) is 5.58. The largest absolute Gasteiger partial charge is 0.381 e. The smallest absolute Gasteiger partial charge is 0.0654 e. The third-order valence-electron chi connectivity index (χ3n) is 4.13. The fourth-order valence-electron chi connectivity index (χ4n) is 3.05. The van der Waals surface area contributed by atoms with Crippen LogP contribution in [-0.2, 0) is 4.74 Å². The van der Waals surface area contributed by atoms with Crippen LogP contribution >= 0.6 is 23.2 Å². The van der Waals surface area contributed by atoms with Crippen LogP contribution in [0.4, 0.5) is 5.69 Å². The Morgan fingerprint density at radius 3 is 2.65 bits per heavy atom. The topological polar surface area (TPSA) is 24.5 Å². The molecule has 1 atom stereocenters. The van der Waals surface area contributed by atoms with E-state index in [4.69, 9.17) is 27.9 Å². The van der Waals surface area contributed by atoms with E-state index in [1.54, 1.807) is 0 Å². The molecule has 1 aromatic carbocycles. The molecule has 0 amide bonds. The summed E-state index contributed by atoms with van der Waals surface area (Å²) >= 11 is 12.2. The van der Waals surface area contributed by atoms with Gasteiger partial charge in [0.2, 0.25) is 0 Å². The maximum Gasteiger partial charge on any atom is 0.0654 e. The third kappa shape index (κ3) is 3.40. The van der Waals surface area contributed by atoms with Gasteiger partial charge in [0, 0.05) is 43.4 Å². The Balaban J connectivity index is 1.58. The lowest BCUT2D eigenvalue weighted by Gasteiger charge is -2.27. The van der Waals surface area contributed by atoms with Crippen LogP contribution in [-0.4, -0.2) is 38.4 Å². The van der Waals surface area contributed by atoms with E-state index in [2.05, 4.69) is 10.2 Å². The highest BCUT2D eigenvalue weighted by molar-refractivity contribution is 6.36. The van der Waals surface area contributed by atoms with E-state index in [0.717, 1.165) is 56.3 Å². The molecule has 2 aliphatic rings. The second-order valence-corrected chi connectivity index (χ2v) is 6.42. The Labute approximate surface area is 130 Å². The summed E-state index contributed by atoms with van der Waals surface area (Å²) in [5.74, 6) is 0. The Hall–Kier alpha value is -0.480. The van der Waals surface area contributed by atoms with Crippen LogP contribution in [0.2, 0.25) is 10.0 Å². The Morgan fingerprint density at radius 1 is 1.10 bits per heavy atom. The van der Waals surface area contributed by atoms with Gasteiger partial charge in [0.1, 0.15) is 0 Å². The molecule has 3 nitrogen and oxygen atoms in total. The molecule has 0 spiro atoms. The molecule has 3 rings (SSSR count). The lowest BCUT2D eigenvalue weighted by molar-refractivity contribution is 0.0755. The Morgan fingerprint density at radius 2 is 1.90 bits per heavy atom. The molecule has 0 aliphatic carbocycles. The van der Waals surface area contributed by atoms with Gasteiger partial charge in [-0.1, -0.05) is 23.2 Å². The monoisotopic (exact) mass is 314 g/mol. The number of anilines is 1. The predicted octanol–water partition coefficient (Wildman–Crippen LogP) is 3.34. The minimum atomic E-state index is 0.546. The highest BCUT2D eigenvalue weighted by Gasteiger charge is 2.26. The maximum absolute atomic E-state index is 6.29. The molecule has 5 heteroatoms. The summed E-state index contributed by atoms with van der Waals surface area (Å²) in [7, 11) is 0. The van der Waals surface area contributed by atoms with E-state index in [-0.39, 0.29) is 0 Å². The Kier molecular flexibility index (Phi) is 4.72. The SMILES string of the molecule is Clc1ccc(N2CC[C@@H](NC3CCOCC3)C2)c(Cl)c1. The molecule has 2 fully saturated rings. The van der Waals surface area contributed by atoms with Crippen LogP contribution in [0.1, 0.15) is 19.3 Å². The van der Waals surface area contributed by atoms with Crippen molar-refractivity contribution in [2.45, 2.75) is 31.3 Å². The molecule has 0 saturated carbocycles. The molecule has 0 aromatic heterocycles. The van der Waals surface area contributed by atoms with Crippen LogP contribution in [0, 0.1) is 0 Å². The summed E-state index contributed by atoms with van der Waals surface area (Å²) < 4.78 is 5.40. The first kappa shape index (κ1) is 14.5. The third-order valence-corrected chi connectivity index (χ3v) is 4.67. The van der Waals surface area contributed by atoms with Gasteiger partial charge < -0.3 is 15.0 Å². The fraction of sp³-hybridized carbons (Fsp3) is 0.600. The van der Waals surface area contributed by atoms with Gasteiger partial charge in [-0.3, -0.25) is 0 Å². The minimum absolute atomic E-state index is 0.546. The lowest BCUT2D eigenvalue weighted by atomic mass is 10.1. The van der Waals surface area contributed by atoms with Gasteiger partial charge in [0.25, 0.3) is 0 Å². The molecule has 2 aliphatic heterocycles. The van der Waals surface area contributed by atoms with Crippen molar-refractivity contribution in [2.75, 3.05) is 31.2 Å². The van der Waals surface area contributed by atoms with Crippen molar-refractivity contribution >= 4 is 28.9 Å². The first-order valence-corrected chi connectivity index (χ1v) is 8.02. The zero-order chi connectivity index (χ0) is 13.9. The number of hydrogen-bond acceptors (Lipinski definition) is 3. The van der Waals surface area contributed by atoms with Gasteiger partial charge in [0.15, 0.2) is 0 Å². The minimum Gasteiger partial charge on any atom is -0.381 e. The summed E-state index contributed by atoms with van der Waals surface area (Å²) in [5.41, 5.74) is 1.09. The summed E-state index contributed by atoms with van der Waals surface area (Å²) in [4.78, 5) is 2.34. The average molecular weight is 315 g/mol. The van der Waals surface area contributed by atoms with E-state index in [1.165, 1.54) is 0 Å². The summed E-state index contributed by atoms with van der Waals surface area (Å²) in [6.07, 6.45) is 3.41. The van der Waals surface area contributed by atoms with E-state index in [9.17, 15) is 0 Å². The van der Waals surface area contributed by atoms with Crippen molar-refractivity contribution in [3.63, 3.8) is 0 Å². The van der Waals surface area contributed by atoms with Gasteiger partial charge in [-0.2, -0.15) is 0 Å². The van der Waals surface area contributed by atoms with Gasteiger partial charge >= 0.3 is 0 Å². The van der Waals surface area contributed by atoms with E-state index in [1.807, 2.05) is 18.2 Å². The molecule has 0 bridgehead atoms. The summed E-state index contributed by atoms with van der Waals surface area (Å²) in [6, 6.07) is 6.89. The first-order chi connectivity index (χ1) is 9.72. The number of halogens is 2. The normalized spacial score (nSPS) is 24.3. The summed E-state index contributed by atoms with van der Waals surface area (Å²) in [5, 5.41) is 5.19. The number of ether oxygens (including phenoxy) is 1. The van der Waals surface area contributed by atoms with Gasteiger partial charge in [0.05, 0.1) is 10.7 Å². The van der Waals surface area contributed by atoms with Gasteiger partial charge in [-0.15, -0.1) is 0 Å². The van der Waals surface area contributed by atoms with Crippen molar-refractivity contribution in [1.29, 1.82) is 0 Å². The number of nitrogens with one attached hydrogen (secondary N) is 1. The van der Waals surface area contributed by atoms with Crippen LogP contribution in [0.3, 0.4) is 0 Å². The second kappa shape index (κ2) is 6.52. The van der Waals surface area contributed by atoms with Crippen molar-refractivity contribution in [2.24, 2.45) is 0 Å². The molecule has 0 radical (unpaired) electrons. The van der Waals surface area contributed by atoms with Crippen LogP contribution < -0.4 is 10.2 Å². The van der Waals surface area contributed by atoms with Crippen molar-refractivity contribution < 1.29 is 4.74 Å². The van der Waals surface area contributed by atoms with Crippen molar-refractivity contribution in [3.8, 4) is 0 Å². The zero-order valence-electron chi connectivity index (χ0n) is 11.4. The van der Waals surface area contributed by atoms with E-state index < -0.39 is 0 Å². The molecular weight excluding hydrogens is 295 g/mol. The number of benzene rings is 1. The lowest BCUT2D eigenvalue weighted by Crippen LogP contribution is -2.43. The molecule has 1 aromatic rings. The van der Waals surface area contributed by atoms with Crippen molar-refractivity contribution in [1.82, 2.24) is 5.32 Å². The molecule has 2 heterocycles. The highest BCUT2D eigenvalue weighted by Crippen LogP contribution is 2.31. The molecule has 2 saturated heterocycles. The van der Waals surface area contributed by atoms with Crippen molar-refractivity contribution in [3.05, 3.63) is 28.2 Å².